The van der Waals surface area contributed by atoms with Gasteiger partial charge in [0.05, 0.1) is 17.2 Å². The van der Waals surface area contributed by atoms with E-state index < -0.39 is 22.0 Å². The minimum absolute atomic E-state index is 0.110. The van der Waals surface area contributed by atoms with Gasteiger partial charge in [-0.05, 0) is 50.1 Å². The lowest BCUT2D eigenvalue weighted by Gasteiger charge is -2.20. The zero-order chi connectivity index (χ0) is 22.3. The fourth-order valence-electron chi connectivity index (χ4n) is 3.08. The topological polar surface area (TPSA) is 84.5 Å². The molecule has 0 aliphatic carbocycles. The molecule has 0 saturated heterocycles. The Balaban J connectivity index is 1.87. The van der Waals surface area contributed by atoms with Crippen LogP contribution in [0.15, 0.2) is 83.8 Å². The van der Waals surface area contributed by atoms with Gasteiger partial charge in [-0.25, -0.2) is 8.42 Å². The smallest absolute Gasteiger partial charge is 0.243 e. The van der Waals surface area contributed by atoms with Crippen LogP contribution in [0, 0.1) is 6.92 Å². The summed E-state index contributed by atoms with van der Waals surface area (Å²) in [6.07, 6.45) is 0.203. The molecular weight excluding hydrogens is 412 g/mol. The van der Waals surface area contributed by atoms with Gasteiger partial charge in [0.15, 0.2) is 0 Å². The largest absolute Gasteiger partial charge is 0.492 e. The number of hydrogen-bond acceptors (Lipinski definition) is 4. The number of benzene rings is 3. The predicted octanol–water partition coefficient (Wildman–Crippen LogP) is 3.92. The molecule has 162 valence electrons. The normalized spacial score (nSPS) is 12.2. The van der Waals surface area contributed by atoms with E-state index >= 15 is 0 Å². The molecule has 1 unspecified atom stereocenters. The molecule has 31 heavy (non-hydrogen) atoms. The molecule has 0 bridgehead atoms. The second kappa shape index (κ2) is 10.2. The second-order valence-corrected chi connectivity index (χ2v) is 8.81. The highest BCUT2D eigenvalue weighted by molar-refractivity contribution is 7.89. The number of amides is 1. The van der Waals surface area contributed by atoms with Crippen molar-refractivity contribution in [2.75, 3.05) is 11.9 Å². The summed E-state index contributed by atoms with van der Waals surface area (Å²) >= 11 is 0. The minimum Gasteiger partial charge on any atom is -0.492 e. The highest BCUT2D eigenvalue weighted by Crippen LogP contribution is 2.24. The standard InChI is InChI=1S/C24H26N2O4S/c1-3-30-23-12-8-7-11-21(23)25-24(27)22(17-19-9-5-4-6-10-19)26-31(28,29)20-15-13-18(2)14-16-20/h4-16,22,26H,3,17H2,1-2H3,(H,25,27). The average Bonchev–Trinajstić information content (AvgIpc) is 2.76. The monoisotopic (exact) mass is 438 g/mol. The fourth-order valence-corrected chi connectivity index (χ4v) is 4.28. The van der Waals surface area contributed by atoms with Gasteiger partial charge in [-0.1, -0.05) is 60.2 Å². The number of hydrogen-bond donors (Lipinski definition) is 2. The van der Waals surface area contributed by atoms with Gasteiger partial charge in [0.2, 0.25) is 15.9 Å². The van der Waals surface area contributed by atoms with Gasteiger partial charge in [-0.3, -0.25) is 4.79 Å². The number of carbonyl (C=O) groups is 1. The Morgan fingerprint density at radius 3 is 2.26 bits per heavy atom. The van der Waals surface area contributed by atoms with Crippen molar-refractivity contribution in [3.05, 3.63) is 90.0 Å². The molecule has 0 aliphatic heterocycles. The van der Waals surface area contributed by atoms with Gasteiger partial charge in [0, 0.05) is 0 Å². The van der Waals surface area contributed by atoms with Gasteiger partial charge in [0.25, 0.3) is 0 Å². The average molecular weight is 439 g/mol. The number of anilines is 1. The Labute approximate surface area is 183 Å². The van der Waals surface area contributed by atoms with Crippen molar-refractivity contribution in [1.29, 1.82) is 0 Å². The van der Waals surface area contributed by atoms with E-state index in [1.165, 1.54) is 12.1 Å². The van der Waals surface area contributed by atoms with Crippen LogP contribution in [0.2, 0.25) is 0 Å². The summed E-state index contributed by atoms with van der Waals surface area (Å²) in [4.78, 5) is 13.3. The van der Waals surface area contributed by atoms with E-state index in [4.69, 9.17) is 4.74 Å². The molecule has 0 aliphatic rings. The Morgan fingerprint density at radius 2 is 1.58 bits per heavy atom. The Kier molecular flexibility index (Phi) is 7.44. The summed E-state index contributed by atoms with van der Waals surface area (Å²) in [5.74, 6) is 0.0601. The molecule has 6 nitrogen and oxygen atoms in total. The lowest BCUT2D eigenvalue weighted by molar-refractivity contribution is -0.117. The molecule has 3 aromatic rings. The van der Waals surface area contributed by atoms with Crippen molar-refractivity contribution in [2.45, 2.75) is 31.2 Å². The van der Waals surface area contributed by atoms with E-state index in [0.717, 1.165) is 11.1 Å². The molecule has 0 saturated carbocycles. The molecule has 3 rings (SSSR count). The van der Waals surface area contributed by atoms with E-state index in [1.54, 1.807) is 30.3 Å². The lowest BCUT2D eigenvalue weighted by Crippen LogP contribution is -2.45. The quantitative estimate of drug-likeness (QED) is 0.530. The van der Waals surface area contributed by atoms with Crippen LogP contribution in [-0.2, 0) is 21.2 Å². The molecule has 0 radical (unpaired) electrons. The van der Waals surface area contributed by atoms with Gasteiger partial charge < -0.3 is 10.1 Å². The molecule has 0 fully saturated rings. The molecule has 1 atom stereocenters. The highest BCUT2D eigenvalue weighted by atomic mass is 32.2. The summed E-state index contributed by atoms with van der Waals surface area (Å²) in [6, 6.07) is 21.8. The SMILES string of the molecule is CCOc1ccccc1NC(=O)C(Cc1ccccc1)NS(=O)(=O)c1ccc(C)cc1. The van der Waals surface area contributed by atoms with Crippen molar-refractivity contribution in [1.82, 2.24) is 4.72 Å². The summed E-state index contributed by atoms with van der Waals surface area (Å²) < 4.78 is 34.0. The van der Waals surface area contributed by atoms with Crippen LogP contribution in [0.4, 0.5) is 5.69 Å². The van der Waals surface area contributed by atoms with Crippen LogP contribution in [0.25, 0.3) is 0 Å². The zero-order valence-electron chi connectivity index (χ0n) is 17.5. The van der Waals surface area contributed by atoms with Crippen LogP contribution < -0.4 is 14.8 Å². The second-order valence-electron chi connectivity index (χ2n) is 7.10. The van der Waals surface area contributed by atoms with E-state index in [9.17, 15) is 13.2 Å². The van der Waals surface area contributed by atoms with Crippen LogP contribution in [0.5, 0.6) is 5.75 Å². The highest BCUT2D eigenvalue weighted by Gasteiger charge is 2.26. The summed E-state index contributed by atoms with van der Waals surface area (Å²) in [6.45, 7) is 4.18. The molecule has 7 heteroatoms. The van der Waals surface area contributed by atoms with Gasteiger partial charge in [0.1, 0.15) is 11.8 Å². The van der Waals surface area contributed by atoms with Crippen LogP contribution in [0.3, 0.4) is 0 Å². The molecule has 2 N–H and O–H groups in total. The van der Waals surface area contributed by atoms with E-state index in [2.05, 4.69) is 10.0 Å². The number of ether oxygens (including phenoxy) is 1. The molecule has 0 spiro atoms. The number of sulfonamides is 1. The first-order valence-corrected chi connectivity index (χ1v) is 11.5. The van der Waals surface area contributed by atoms with Crippen LogP contribution in [-0.4, -0.2) is 27.0 Å². The molecule has 3 aromatic carbocycles. The number of carbonyl (C=O) groups excluding carboxylic acids is 1. The van der Waals surface area contributed by atoms with E-state index in [1.807, 2.05) is 50.2 Å². The first kappa shape index (κ1) is 22.5. The Hall–Kier alpha value is -3.16. The Morgan fingerprint density at radius 1 is 0.935 bits per heavy atom. The molecular formula is C24H26N2O4S. The number of para-hydroxylation sites is 2. The van der Waals surface area contributed by atoms with Crippen molar-refractivity contribution in [3.63, 3.8) is 0 Å². The number of aryl methyl sites for hydroxylation is 1. The fraction of sp³-hybridized carbons (Fsp3) is 0.208. The van der Waals surface area contributed by atoms with E-state index in [0.29, 0.717) is 18.0 Å². The predicted molar refractivity (Wildman–Crippen MR) is 122 cm³/mol. The minimum atomic E-state index is -3.90. The van der Waals surface area contributed by atoms with Gasteiger partial charge in [-0.2, -0.15) is 4.72 Å². The maximum absolute atomic E-state index is 13.1. The lowest BCUT2D eigenvalue weighted by atomic mass is 10.1. The van der Waals surface area contributed by atoms with Crippen LogP contribution >= 0.6 is 0 Å². The van der Waals surface area contributed by atoms with Gasteiger partial charge in [-0.15, -0.1) is 0 Å². The Bertz CT molecular complexity index is 1110. The third-order valence-corrected chi connectivity index (χ3v) is 6.16. The zero-order valence-corrected chi connectivity index (χ0v) is 18.4. The van der Waals surface area contributed by atoms with Crippen molar-refractivity contribution < 1.29 is 17.9 Å². The van der Waals surface area contributed by atoms with Crippen molar-refractivity contribution in [3.8, 4) is 5.75 Å². The maximum atomic E-state index is 13.1. The third kappa shape index (κ3) is 6.16. The van der Waals surface area contributed by atoms with Gasteiger partial charge >= 0.3 is 0 Å². The summed E-state index contributed by atoms with van der Waals surface area (Å²) in [5, 5.41) is 2.81. The maximum Gasteiger partial charge on any atom is 0.243 e. The number of rotatable bonds is 9. The molecule has 0 heterocycles. The first-order chi connectivity index (χ1) is 14.9. The summed E-state index contributed by atoms with van der Waals surface area (Å²) in [7, 11) is -3.90. The molecule has 1 amide bonds. The van der Waals surface area contributed by atoms with Crippen LogP contribution in [0.1, 0.15) is 18.1 Å². The summed E-state index contributed by atoms with van der Waals surface area (Å²) in [5.41, 5.74) is 2.28. The number of nitrogens with one attached hydrogen (secondary N) is 2. The molecule has 0 aromatic heterocycles. The third-order valence-electron chi connectivity index (χ3n) is 4.67. The first-order valence-electron chi connectivity index (χ1n) is 10.0. The van der Waals surface area contributed by atoms with Crippen molar-refractivity contribution in [2.24, 2.45) is 0 Å². The van der Waals surface area contributed by atoms with Crippen molar-refractivity contribution >= 4 is 21.6 Å². The van der Waals surface area contributed by atoms with E-state index in [-0.39, 0.29) is 11.3 Å².